The van der Waals surface area contributed by atoms with Crippen LogP contribution in [0.15, 0.2) is 0 Å². The molecule has 1 amide bonds. The molecule has 18 heavy (non-hydrogen) atoms. The van der Waals surface area contributed by atoms with Crippen molar-refractivity contribution in [2.45, 2.75) is 46.1 Å². The topological polar surface area (TPSA) is 42.0 Å². The number of thiazole rings is 1. The van der Waals surface area contributed by atoms with Crippen LogP contribution in [0.4, 0.5) is 0 Å². The predicted molar refractivity (Wildman–Crippen MR) is 78.3 cm³/mol. The Labute approximate surface area is 118 Å². The van der Waals surface area contributed by atoms with E-state index in [4.69, 9.17) is 0 Å². The SMILES string of the molecule is Cc1nc(C)c(C(C)NC(=O)CC2(CS)CC2)s1. The standard InChI is InChI=1S/C13H20N2OS2/c1-8-12(18-10(3)14-8)9(2)15-11(16)6-13(7-17)4-5-13/h9,17H,4-7H2,1-3H3,(H,15,16). The first kappa shape index (κ1) is 13.9. The fourth-order valence-corrected chi connectivity index (χ4v) is 3.57. The zero-order valence-electron chi connectivity index (χ0n) is 11.1. The third kappa shape index (κ3) is 3.06. The quantitative estimate of drug-likeness (QED) is 0.816. The second kappa shape index (κ2) is 5.21. The first-order chi connectivity index (χ1) is 8.46. The summed E-state index contributed by atoms with van der Waals surface area (Å²) in [7, 11) is 0. The second-order valence-corrected chi connectivity index (χ2v) is 6.86. The molecule has 1 atom stereocenters. The minimum atomic E-state index is 0.0550. The van der Waals surface area contributed by atoms with Crippen molar-refractivity contribution in [2.75, 3.05) is 5.75 Å². The van der Waals surface area contributed by atoms with Gasteiger partial charge in [-0.05, 0) is 44.8 Å². The van der Waals surface area contributed by atoms with Crippen molar-refractivity contribution in [3.8, 4) is 0 Å². The molecule has 1 N–H and O–H groups in total. The minimum absolute atomic E-state index is 0.0550. The molecule has 0 radical (unpaired) electrons. The molecular formula is C13H20N2OS2. The lowest BCUT2D eigenvalue weighted by atomic mass is 10.0. The largest absolute Gasteiger partial charge is 0.349 e. The van der Waals surface area contributed by atoms with Crippen molar-refractivity contribution < 1.29 is 4.79 Å². The van der Waals surface area contributed by atoms with Gasteiger partial charge in [-0.1, -0.05) is 0 Å². The van der Waals surface area contributed by atoms with Gasteiger partial charge in [0.15, 0.2) is 0 Å². The maximum atomic E-state index is 12.0. The molecule has 1 heterocycles. The molecule has 1 aliphatic rings. The maximum Gasteiger partial charge on any atom is 0.221 e. The van der Waals surface area contributed by atoms with E-state index in [9.17, 15) is 4.79 Å². The van der Waals surface area contributed by atoms with Crippen LogP contribution in [-0.4, -0.2) is 16.6 Å². The molecule has 0 bridgehead atoms. The predicted octanol–water partition coefficient (Wildman–Crippen LogP) is 3.04. The fourth-order valence-electron chi connectivity index (χ4n) is 2.22. The second-order valence-electron chi connectivity index (χ2n) is 5.31. The number of rotatable bonds is 5. The van der Waals surface area contributed by atoms with E-state index in [1.807, 2.05) is 20.8 Å². The van der Waals surface area contributed by atoms with Crippen molar-refractivity contribution in [1.82, 2.24) is 10.3 Å². The third-order valence-electron chi connectivity index (χ3n) is 3.54. The lowest BCUT2D eigenvalue weighted by molar-refractivity contribution is -0.122. The molecule has 1 aromatic heterocycles. The molecule has 1 fully saturated rings. The van der Waals surface area contributed by atoms with E-state index in [0.717, 1.165) is 34.2 Å². The van der Waals surface area contributed by atoms with Crippen LogP contribution >= 0.6 is 24.0 Å². The number of nitrogens with zero attached hydrogens (tertiary/aromatic N) is 1. The summed E-state index contributed by atoms with van der Waals surface area (Å²) in [4.78, 5) is 17.6. The number of hydrogen-bond acceptors (Lipinski definition) is 4. The Kier molecular flexibility index (Phi) is 4.02. The fraction of sp³-hybridized carbons (Fsp3) is 0.692. The highest BCUT2D eigenvalue weighted by Gasteiger charge is 2.43. The number of carbonyl (C=O) groups excluding carboxylic acids is 1. The van der Waals surface area contributed by atoms with Gasteiger partial charge in [0.25, 0.3) is 0 Å². The Morgan fingerprint density at radius 1 is 1.56 bits per heavy atom. The lowest BCUT2D eigenvalue weighted by Crippen LogP contribution is -2.29. The molecule has 1 aromatic rings. The number of hydrogen-bond donors (Lipinski definition) is 2. The van der Waals surface area contributed by atoms with Crippen LogP contribution in [0.1, 0.15) is 47.8 Å². The molecule has 1 saturated carbocycles. The summed E-state index contributed by atoms with van der Waals surface area (Å²) in [5.41, 5.74) is 1.21. The van der Waals surface area contributed by atoms with Gasteiger partial charge in [-0.3, -0.25) is 4.79 Å². The average molecular weight is 284 g/mol. The summed E-state index contributed by atoms with van der Waals surface area (Å²) in [6.07, 6.45) is 2.88. The maximum absolute atomic E-state index is 12.0. The highest BCUT2D eigenvalue weighted by Crippen LogP contribution is 2.49. The van der Waals surface area contributed by atoms with Crippen LogP contribution in [0, 0.1) is 19.3 Å². The van der Waals surface area contributed by atoms with Gasteiger partial charge in [0, 0.05) is 11.3 Å². The van der Waals surface area contributed by atoms with E-state index in [1.165, 1.54) is 0 Å². The van der Waals surface area contributed by atoms with Crippen molar-refractivity contribution in [1.29, 1.82) is 0 Å². The van der Waals surface area contributed by atoms with Crippen LogP contribution in [0.3, 0.4) is 0 Å². The molecule has 0 aliphatic heterocycles. The Morgan fingerprint density at radius 2 is 2.22 bits per heavy atom. The molecule has 100 valence electrons. The molecular weight excluding hydrogens is 264 g/mol. The van der Waals surface area contributed by atoms with E-state index >= 15 is 0 Å². The van der Waals surface area contributed by atoms with Gasteiger partial charge in [0.05, 0.1) is 16.7 Å². The molecule has 3 nitrogen and oxygen atoms in total. The number of aromatic nitrogens is 1. The molecule has 2 rings (SSSR count). The van der Waals surface area contributed by atoms with Gasteiger partial charge in [-0.25, -0.2) is 4.98 Å². The lowest BCUT2D eigenvalue weighted by Gasteiger charge is -2.16. The number of nitrogens with one attached hydrogen (secondary N) is 1. The average Bonchev–Trinajstić information content (AvgIpc) is 2.97. The number of amides is 1. The van der Waals surface area contributed by atoms with Crippen molar-refractivity contribution in [3.63, 3.8) is 0 Å². The highest BCUT2D eigenvalue weighted by atomic mass is 32.1. The molecule has 1 unspecified atom stereocenters. The van der Waals surface area contributed by atoms with Crippen LogP contribution in [-0.2, 0) is 4.79 Å². The Morgan fingerprint density at radius 3 is 2.67 bits per heavy atom. The van der Waals surface area contributed by atoms with Gasteiger partial charge in [-0.15, -0.1) is 11.3 Å². The molecule has 1 aliphatic carbocycles. The van der Waals surface area contributed by atoms with E-state index in [-0.39, 0.29) is 17.4 Å². The Balaban J connectivity index is 1.93. The summed E-state index contributed by atoms with van der Waals surface area (Å²) in [6, 6.07) is 0.0550. The zero-order chi connectivity index (χ0) is 13.3. The van der Waals surface area contributed by atoms with Gasteiger partial charge in [0.2, 0.25) is 5.91 Å². The van der Waals surface area contributed by atoms with Gasteiger partial charge in [-0.2, -0.15) is 12.6 Å². The van der Waals surface area contributed by atoms with Gasteiger partial charge in [0.1, 0.15) is 0 Å². The van der Waals surface area contributed by atoms with Crippen molar-refractivity contribution >= 4 is 29.9 Å². The highest BCUT2D eigenvalue weighted by molar-refractivity contribution is 7.80. The van der Waals surface area contributed by atoms with E-state index in [2.05, 4.69) is 22.9 Å². The van der Waals surface area contributed by atoms with E-state index in [0.29, 0.717) is 6.42 Å². The monoisotopic (exact) mass is 284 g/mol. The summed E-state index contributed by atoms with van der Waals surface area (Å²) >= 11 is 5.99. The summed E-state index contributed by atoms with van der Waals surface area (Å²) in [6.45, 7) is 6.02. The van der Waals surface area contributed by atoms with Crippen LogP contribution in [0.25, 0.3) is 0 Å². The van der Waals surface area contributed by atoms with Gasteiger partial charge >= 0.3 is 0 Å². The number of thiol groups is 1. The van der Waals surface area contributed by atoms with Crippen molar-refractivity contribution in [3.05, 3.63) is 15.6 Å². The zero-order valence-corrected chi connectivity index (χ0v) is 12.8. The normalized spacial score (nSPS) is 18.4. The smallest absolute Gasteiger partial charge is 0.221 e. The first-order valence-corrected chi connectivity index (χ1v) is 7.75. The minimum Gasteiger partial charge on any atom is -0.349 e. The van der Waals surface area contributed by atoms with Crippen molar-refractivity contribution in [2.24, 2.45) is 5.41 Å². The van der Waals surface area contributed by atoms with Crippen LogP contribution < -0.4 is 5.32 Å². The summed E-state index contributed by atoms with van der Waals surface area (Å²) < 4.78 is 0. The van der Waals surface area contributed by atoms with Gasteiger partial charge < -0.3 is 5.32 Å². The van der Waals surface area contributed by atoms with Crippen LogP contribution in [0.5, 0.6) is 0 Å². The number of carbonyl (C=O) groups is 1. The Hall–Kier alpha value is -0.550. The first-order valence-electron chi connectivity index (χ1n) is 6.30. The van der Waals surface area contributed by atoms with Crippen LogP contribution in [0.2, 0.25) is 0 Å². The summed E-state index contributed by atoms with van der Waals surface area (Å²) in [5, 5.41) is 4.13. The number of aryl methyl sites for hydroxylation is 2. The van der Waals surface area contributed by atoms with E-state index < -0.39 is 0 Å². The molecule has 0 spiro atoms. The third-order valence-corrected chi connectivity index (χ3v) is 5.46. The Bertz CT molecular complexity index is 452. The molecule has 0 saturated heterocycles. The van der Waals surface area contributed by atoms with E-state index in [1.54, 1.807) is 11.3 Å². The summed E-state index contributed by atoms with van der Waals surface area (Å²) in [5.74, 6) is 0.951. The molecule has 5 heteroatoms. The molecule has 0 aromatic carbocycles.